The van der Waals surface area contributed by atoms with Crippen LogP contribution in [0.2, 0.25) is 10.0 Å². The molecule has 1 aromatic carbocycles. The molecule has 0 amide bonds. The van der Waals surface area contributed by atoms with Gasteiger partial charge in [-0.25, -0.2) is 5.01 Å². The van der Waals surface area contributed by atoms with Crippen molar-refractivity contribution in [3.63, 3.8) is 0 Å². The Morgan fingerprint density at radius 1 is 1.32 bits per heavy atom. The fourth-order valence-corrected chi connectivity index (χ4v) is 4.00. The second-order valence-electron chi connectivity index (χ2n) is 6.28. The van der Waals surface area contributed by atoms with Crippen molar-refractivity contribution in [2.45, 2.75) is 25.2 Å². The molecule has 0 aromatic heterocycles. The third-order valence-electron chi connectivity index (χ3n) is 4.58. The van der Waals surface area contributed by atoms with Crippen LogP contribution < -0.4 is 5.73 Å². The lowest BCUT2D eigenvalue weighted by molar-refractivity contribution is -0.116. The molecular formula is C18H18Cl2N4O. The fraction of sp³-hybridized carbons (Fsp3) is 0.333. The molecule has 5 nitrogen and oxygen atoms in total. The van der Waals surface area contributed by atoms with Crippen LogP contribution in [-0.4, -0.2) is 29.9 Å². The van der Waals surface area contributed by atoms with Crippen LogP contribution in [0.5, 0.6) is 0 Å². The minimum Gasteiger partial charge on any atom is -0.383 e. The molecule has 1 aliphatic heterocycles. The summed E-state index contributed by atoms with van der Waals surface area (Å²) in [5.41, 5.74) is 8.69. The molecule has 2 aliphatic rings. The number of allylic oxidation sites excluding steroid dienone is 3. The maximum Gasteiger partial charge on any atom is 0.161 e. The first-order valence-corrected chi connectivity index (χ1v) is 8.71. The van der Waals surface area contributed by atoms with Crippen molar-refractivity contribution in [1.29, 1.82) is 5.26 Å². The molecule has 0 unspecified atom stereocenters. The zero-order chi connectivity index (χ0) is 18.3. The van der Waals surface area contributed by atoms with Gasteiger partial charge in [-0.1, -0.05) is 35.3 Å². The number of Topliss-reactive ketones (excluding diaryl/α,β-unsaturated/α-hetero) is 1. The maximum absolute atomic E-state index is 12.8. The molecule has 1 heterocycles. The lowest BCUT2D eigenvalue weighted by Gasteiger charge is -2.42. The molecule has 0 bridgehead atoms. The van der Waals surface area contributed by atoms with Crippen molar-refractivity contribution in [3.05, 3.63) is 56.5 Å². The molecule has 2 N–H and O–H groups in total. The highest BCUT2D eigenvalue weighted by Gasteiger charge is 2.41. The van der Waals surface area contributed by atoms with Gasteiger partial charge in [0.15, 0.2) is 5.78 Å². The molecule has 130 valence electrons. The molecule has 1 atom stereocenters. The first-order valence-electron chi connectivity index (χ1n) is 7.95. The van der Waals surface area contributed by atoms with Crippen LogP contribution in [0.1, 0.15) is 30.7 Å². The monoisotopic (exact) mass is 376 g/mol. The molecular weight excluding hydrogens is 359 g/mol. The summed E-state index contributed by atoms with van der Waals surface area (Å²) < 4.78 is 0. The summed E-state index contributed by atoms with van der Waals surface area (Å²) in [6, 6.07) is 7.42. The maximum atomic E-state index is 12.8. The van der Waals surface area contributed by atoms with Gasteiger partial charge in [-0.15, -0.1) is 0 Å². The van der Waals surface area contributed by atoms with Gasteiger partial charge >= 0.3 is 0 Å². The number of carbonyl (C=O) groups excluding carboxylic acids is 1. The Morgan fingerprint density at radius 3 is 2.68 bits per heavy atom. The van der Waals surface area contributed by atoms with E-state index >= 15 is 0 Å². The number of nitriles is 1. The zero-order valence-corrected chi connectivity index (χ0v) is 15.5. The number of rotatable bonds is 2. The number of benzene rings is 1. The van der Waals surface area contributed by atoms with Gasteiger partial charge in [-0.05, 0) is 24.5 Å². The summed E-state index contributed by atoms with van der Waals surface area (Å²) >= 11 is 12.6. The molecule has 3 rings (SSSR count). The van der Waals surface area contributed by atoms with E-state index in [-0.39, 0.29) is 5.78 Å². The number of halogens is 2. The van der Waals surface area contributed by atoms with E-state index < -0.39 is 5.92 Å². The number of nitrogens with two attached hydrogens (primary N) is 1. The third-order valence-corrected chi connectivity index (χ3v) is 5.41. The second kappa shape index (κ2) is 6.72. The van der Waals surface area contributed by atoms with Gasteiger partial charge in [-0.2, -0.15) is 5.26 Å². The first kappa shape index (κ1) is 17.8. The van der Waals surface area contributed by atoms with Crippen LogP contribution in [0, 0.1) is 11.3 Å². The van der Waals surface area contributed by atoms with Crippen molar-refractivity contribution in [3.8, 4) is 6.07 Å². The SMILES string of the molecule is CN(C)N1C(N)=C(C#N)[C@H](c2cccc(Cl)c2Cl)C2=C1CCCC2=O. The molecule has 0 saturated carbocycles. The highest BCUT2D eigenvalue weighted by Crippen LogP contribution is 2.47. The van der Waals surface area contributed by atoms with E-state index in [0.29, 0.717) is 45.4 Å². The zero-order valence-electron chi connectivity index (χ0n) is 14.0. The normalized spacial score (nSPS) is 20.9. The predicted octanol–water partition coefficient (Wildman–Crippen LogP) is 3.57. The van der Waals surface area contributed by atoms with Crippen molar-refractivity contribution in [1.82, 2.24) is 10.0 Å². The van der Waals surface area contributed by atoms with E-state index in [9.17, 15) is 10.1 Å². The Balaban J connectivity index is 2.32. The van der Waals surface area contributed by atoms with Crippen LogP contribution >= 0.6 is 23.2 Å². The standard InChI is InChI=1S/C18H18Cl2N4O/c1-23(2)24-13-7-4-8-14(25)16(13)15(11(9-21)18(24)22)10-5-3-6-12(19)17(10)20/h3,5-6,15H,4,7-8,22H2,1-2H3/t15-/m0/s1. The predicted molar refractivity (Wildman–Crippen MR) is 97.4 cm³/mol. The largest absolute Gasteiger partial charge is 0.383 e. The minimum absolute atomic E-state index is 0.0226. The van der Waals surface area contributed by atoms with Crippen molar-refractivity contribution >= 4 is 29.0 Å². The molecule has 7 heteroatoms. The molecule has 0 spiro atoms. The lowest BCUT2D eigenvalue weighted by Crippen LogP contribution is -2.45. The minimum atomic E-state index is -0.588. The molecule has 1 aromatic rings. The summed E-state index contributed by atoms with van der Waals surface area (Å²) in [5, 5.41) is 14.1. The van der Waals surface area contributed by atoms with Gasteiger partial charge in [0, 0.05) is 31.8 Å². The Hall–Kier alpha value is -2.00. The summed E-state index contributed by atoms with van der Waals surface area (Å²) in [4.78, 5) is 12.8. The van der Waals surface area contributed by atoms with Gasteiger partial charge in [0.05, 0.1) is 27.6 Å². The number of hydrogen-bond donors (Lipinski definition) is 1. The Bertz CT molecular complexity index is 851. The van der Waals surface area contributed by atoms with E-state index in [2.05, 4.69) is 6.07 Å². The van der Waals surface area contributed by atoms with E-state index in [1.54, 1.807) is 28.2 Å². The number of hydrazine groups is 1. The Labute approximate surface area is 156 Å². The summed E-state index contributed by atoms with van der Waals surface area (Å²) in [5.74, 6) is -0.244. The summed E-state index contributed by atoms with van der Waals surface area (Å²) in [7, 11) is 3.66. The Morgan fingerprint density at radius 2 is 2.04 bits per heavy atom. The highest BCUT2D eigenvalue weighted by atomic mass is 35.5. The van der Waals surface area contributed by atoms with Crippen molar-refractivity contribution < 1.29 is 4.79 Å². The van der Waals surface area contributed by atoms with Gasteiger partial charge in [0.2, 0.25) is 0 Å². The lowest BCUT2D eigenvalue weighted by atomic mass is 9.76. The van der Waals surface area contributed by atoms with Gasteiger partial charge < -0.3 is 5.73 Å². The average Bonchev–Trinajstić information content (AvgIpc) is 2.56. The van der Waals surface area contributed by atoms with Crippen LogP contribution in [0.25, 0.3) is 0 Å². The molecule has 0 saturated heterocycles. The van der Waals surface area contributed by atoms with E-state index in [1.807, 2.05) is 14.1 Å². The molecule has 0 fully saturated rings. The highest BCUT2D eigenvalue weighted by molar-refractivity contribution is 6.42. The van der Waals surface area contributed by atoms with Gasteiger partial charge in [0.25, 0.3) is 0 Å². The third kappa shape index (κ3) is 2.81. The summed E-state index contributed by atoms with van der Waals surface area (Å²) in [6.45, 7) is 0. The first-order chi connectivity index (χ1) is 11.9. The topological polar surface area (TPSA) is 73.4 Å². The van der Waals surface area contributed by atoms with E-state index in [4.69, 9.17) is 28.9 Å². The molecule has 25 heavy (non-hydrogen) atoms. The summed E-state index contributed by atoms with van der Waals surface area (Å²) in [6.07, 6.45) is 1.92. The number of ketones is 1. The fourth-order valence-electron chi connectivity index (χ4n) is 3.58. The number of nitrogens with zero attached hydrogens (tertiary/aromatic N) is 3. The van der Waals surface area contributed by atoms with Gasteiger partial charge in [-0.3, -0.25) is 9.80 Å². The van der Waals surface area contributed by atoms with Crippen molar-refractivity contribution in [2.75, 3.05) is 14.1 Å². The van der Waals surface area contributed by atoms with Crippen LogP contribution in [0.4, 0.5) is 0 Å². The smallest absolute Gasteiger partial charge is 0.161 e. The van der Waals surface area contributed by atoms with Gasteiger partial charge in [0.1, 0.15) is 5.82 Å². The second-order valence-corrected chi connectivity index (χ2v) is 7.07. The van der Waals surface area contributed by atoms with Crippen LogP contribution in [0.15, 0.2) is 40.9 Å². The average molecular weight is 377 g/mol. The van der Waals surface area contributed by atoms with E-state index in [1.165, 1.54) is 0 Å². The Kier molecular flexibility index (Phi) is 4.79. The molecule has 1 aliphatic carbocycles. The number of hydrogen-bond acceptors (Lipinski definition) is 5. The van der Waals surface area contributed by atoms with Crippen LogP contribution in [-0.2, 0) is 4.79 Å². The quantitative estimate of drug-likeness (QED) is 0.853. The molecule has 0 radical (unpaired) electrons. The number of carbonyl (C=O) groups is 1. The van der Waals surface area contributed by atoms with E-state index in [0.717, 1.165) is 12.1 Å². The van der Waals surface area contributed by atoms with Crippen molar-refractivity contribution in [2.24, 2.45) is 5.73 Å². The van der Waals surface area contributed by atoms with Crippen LogP contribution in [0.3, 0.4) is 0 Å².